The number of aliphatic hydroxyl groups excluding tert-OH is 1. The second-order valence-electron chi connectivity index (χ2n) is 4.42. The van der Waals surface area contributed by atoms with Gasteiger partial charge in [0.2, 0.25) is 5.91 Å². The number of para-hydroxylation sites is 1. The zero-order chi connectivity index (χ0) is 15.2. The van der Waals surface area contributed by atoms with E-state index in [1.807, 2.05) is 0 Å². The van der Waals surface area contributed by atoms with Crippen molar-refractivity contribution in [3.63, 3.8) is 0 Å². The number of hydrazine groups is 1. The number of nitrogens with one attached hydrogen (secondary N) is 2. The van der Waals surface area contributed by atoms with Gasteiger partial charge < -0.3 is 5.11 Å². The molecule has 1 amide bonds. The maximum Gasteiger partial charge on any atom is 0.241 e. The van der Waals surface area contributed by atoms with E-state index >= 15 is 0 Å². The van der Waals surface area contributed by atoms with Gasteiger partial charge in [-0.3, -0.25) is 15.6 Å². The molecule has 0 bridgehead atoms. The molecule has 0 saturated heterocycles. The first-order chi connectivity index (χ1) is 10.1. The molecule has 1 atom stereocenters. The van der Waals surface area contributed by atoms with Crippen LogP contribution in [0.3, 0.4) is 0 Å². The lowest BCUT2D eigenvalue weighted by atomic mass is 10.1. The van der Waals surface area contributed by atoms with Crippen molar-refractivity contribution in [3.8, 4) is 0 Å². The summed E-state index contributed by atoms with van der Waals surface area (Å²) in [7, 11) is 0. The van der Waals surface area contributed by atoms with Gasteiger partial charge in [-0.2, -0.15) is 0 Å². The molecule has 21 heavy (non-hydrogen) atoms. The summed E-state index contributed by atoms with van der Waals surface area (Å²) in [6, 6.07) is 13.7. The van der Waals surface area contributed by atoms with Crippen molar-refractivity contribution in [2.24, 2.45) is 0 Å². The quantitative estimate of drug-likeness (QED) is 0.737. The molecule has 1 unspecified atom stereocenters. The predicted molar refractivity (Wildman–Crippen MR) is 84.2 cm³/mol. The standard InChI is InChI=1S/C15H14Cl2N2O2/c16-11-7-5-10(6-8-11)14(20)9-15(21)19-18-13-4-2-1-3-12(13)17/h1-8,14,18,20H,9H2,(H,19,21). The second kappa shape index (κ2) is 7.31. The van der Waals surface area contributed by atoms with E-state index in [1.54, 1.807) is 48.5 Å². The lowest BCUT2D eigenvalue weighted by Gasteiger charge is -2.13. The largest absolute Gasteiger partial charge is 0.388 e. The Morgan fingerprint density at radius 3 is 2.43 bits per heavy atom. The minimum Gasteiger partial charge on any atom is -0.388 e. The summed E-state index contributed by atoms with van der Waals surface area (Å²) in [5.74, 6) is -0.350. The van der Waals surface area contributed by atoms with Gasteiger partial charge >= 0.3 is 0 Å². The van der Waals surface area contributed by atoms with Crippen LogP contribution < -0.4 is 10.9 Å². The summed E-state index contributed by atoms with van der Waals surface area (Å²) >= 11 is 11.7. The van der Waals surface area contributed by atoms with Crippen LogP contribution in [-0.4, -0.2) is 11.0 Å². The topological polar surface area (TPSA) is 61.4 Å². The molecule has 0 spiro atoms. The minimum absolute atomic E-state index is 0.0704. The number of benzene rings is 2. The van der Waals surface area contributed by atoms with Gasteiger partial charge in [0.15, 0.2) is 0 Å². The fourth-order valence-corrected chi connectivity index (χ4v) is 2.04. The van der Waals surface area contributed by atoms with Crippen molar-refractivity contribution < 1.29 is 9.90 Å². The van der Waals surface area contributed by atoms with Gasteiger partial charge in [0, 0.05) is 5.02 Å². The molecule has 3 N–H and O–H groups in total. The molecular formula is C15H14Cl2N2O2. The molecule has 0 saturated carbocycles. The first kappa shape index (κ1) is 15.6. The lowest BCUT2D eigenvalue weighted by Crippen LogP contribution is -2.30. The van der Waals surface area contributed by atoms with Crippen molar-refractivity contribution in [1.29, 1.82) is 0 Å². The van der Waals surface area contributed by atoms with Gasteiger partial charge in [0.1, 0.15) is 0 Å². The molecule has 0 aliphatic rings. The third-order valence-electron chi connectivity index (χ3n) is 2.84. The van der Waals surface area contributed by atoms with Crippen LogP contribution in [0, 0.1) is 0 Å². The second-order valence-corrected chi connectivity index (χ2v) is 5.27. The summed E-state index contributed by atoms with van der Waals surface area (Å²) in [6.45, 7) is 0. The number of carbonyl (C=O) groups is 1. The number of hydrogen-bond acceptors (Lipinski definition) is 3. The Balaban J connectivity index is 1.87. The van der Waals surface area contributed by atoms with E-state index in [2.05, 4.69) is 10.9 Å². The Labute approximate surface area is 132 Å². The molecule has 6 heteroatoms. The van der Waals surface area contributed by atoms with Crippen LogP contribution in [0.5, 0.6) is 0 Å². The Morgan fingerprint density at radius 1 is 1.10 bits per heavy atom. The number of halogens is 2. The summed E-state index contributed by atoms with van der Waals surface area (Å²) in [4.78, 5) is 11.8. The molecule has 0 radical (unpaired) electrons. The van der Waals surface area contributed by atoms with E-state index in [9.17, 15) is 9.90 Å². The van der Waals surface area contributed by atoms with E-state index < -0.39 is 6.10 Å². The molecule has 0 aromatic heterocycles. The van der Waals surface area contributed by atoms with Gasteiger partial charge in [-0.05, 0) is 29.8 Å². The molecule has 0 aliphatic carbocycles. The predicted octanol–water partition coefficient (Wildman–Crippen LogP) is 3.56. The first-order valence-electron chi connectivity index (χ1n) is 6.29. The molecule has 2 aromatic rings. The van der Waals surface area contributed by atoms with Crippen LogP contribution >= 0.6 is 23.2 Å². The normalized spacial score (nSPS) is 11.8. The number of carbonyl (C=O) groups excluding carboxylic acids is 1. The molecule has 0 heterocycles. The van der Waals surface area contributed by atoms with Gasteiger partial charge in [0.05, 0.1) is 23.2 Å². The van der Waals surface area contributed by atoms with Crippen molar-refractivity contribution in [3.05, 3.63) is 64.1 Å². The third-order valence-corrected chi connectivity index (χ3v) is 3.43. The van der Waals surface area contributed by atoms with Gasteiger partial charge in [-0.1, -0.05) is 47.5 Å². The minimum atomic E-state index is -0.893. The molecule has 2 rings (SSSR count). The highest BCUT2D eigenvalue weighted by atomic mass is 35.5. The number of anilines is 1. The number of hydrogen-bond donors (Lipinski definition) is 3. The smallest absolute Gasteiger partial charge is 0.241 e. The van der Waals surface area contributed by atoms with E-state index in [0.717, 1.165) is 0 Å². The highest BCUT2D eigenvalue weighted by molar-refractivity contribution is 6.33. The summed E-state index contributed by atoms with van der Waals surface area (Å²) in [5.41, 5.74) is 6.43. The van der Waals surface area contributed by atoms with E-state index in [-0.39, 0.29) is 12.3 Å². The van der Waals surface area contributed by atoms with E-state index in [4.69, 9.17) is 23.2 Å². The Hall–Kier alpha value is -1.75. The van der Waals surface area contributed by atoms with Gasteiger partial charge in [-0.15, -0.1) is 0 Å². The third kappa shape index (κ3) is 4.63. The monoisotopic (exact) mass is 324 g/mol. The van der Waals surface area contributed by atoms with Crippen molar-refractivity contribution in [1.82, 2.24) is 5.43 Å². The maximum absolute atomic E-state index is 11.8. The number of aliphatic hydroxyl groups is 1. The fraction of sp³-hybridized carbons (Fsp3) is 0.133. The van der Waals surface area contributed by atoms with E-state index in [0.29, 0.717) is 21.3 Å². The molecule has 0 aliphatic heterocycles. The number of rotatable bonds is 5. The van der Waals surface area contributed by atoms with Crippen LogP contribution in [0.1, 0.15) is 18.1 Å². The highest BCUT2D eigenvalue weighted by Gasteiger charge is 2.13. The molecule has 110 valence electrons. The molecular weight excluding hydrogens is 311 g/mol. The van der Waals surface area contributed by atoms with Gasteiger partial charge in [0.25, 0.3) is 0 Å². The van der Waals surface area contributed by atoms with Gasteiger partial charge in [-0.25, -0.2) is 0 Å². The Kier molecular flexibility index (Phi) is 5.44. The average molecular weight is 325 g/mol. The maximum atomic E-state index is 11.8. The van der Waals surface area contributed by atoms with Crippen LogP contribution in [0.25, 0.3) is 0 Å². The lowest BCUT2D eigenvalue weighted by molar-refractivity contribution is -0.122. The van der Waals surface area contributed by atoms with Crippen molar-refractivity contribution >= 4 is 34.8 Å². The Morgan fingerprint density at radius 2 is 1.76 bits per heavy atom. The van der Waals surface area contributed by atoms with Crippen molar-refractivity contribution in [2.45, 2.75) is 12.5 Å². The van der Waals surface area contributed by atoms with Crippen LogP contribution in [0.2, 0.25) is 10.0 Å². The Bertz CT molecular complexity index is 617. The zero-order valence-electron chi connectivity index (χ0n) is 11.0. The highest BCUT2D eigenvalue weighted by Crippen LogP contribution is 2.20. The molecule has 0 fully saturated rings. The summed E-state index contributed by atoms with van der Waals surface area (Å²) in [6.07, 6.45) is -0.964. The fourth-order valence-electron chi connectivity index (χ4n) is 1.73. The summed E-state index contributed by atoms with van der Waals surface area (Å²) < 4.78 is 0. The molecule has 2 aromatic carbocycles. The van der Waals surface area contributed by atoms with Crippen LogP contribution in [-0.2, 0) is 4.79 Å². The van der Waals surface area contributed by atoms with E-state index in [1.165, 1.54) is 0 Å². The average Bonchev–Trinajstić information content (AvgIpc) is 2.47. The number of amides is 1. The van der Waals surface area contributed by atoms with Crippen molar-refractivity contribution in [2.75, 3.05) is 5.43 Å². The van der Waals surface area contributed by atoms with Crippen LogP contribution in [0.4, 0.5) is 5.69 Å². The zero-order valence-corrected chi connectivity index (χ0v) is 12.5. The SMILES string of the molecule is O=C(CC(O)c1ccc(Cl)cc1)NNc1ccccc1Cl. The molecule has 4 nitrogen and oxygen atoms in total. The van der Waals surface area contributed by atoms with Crippen LogP contribution in [0.15, 0.2) is 48.5 Å². The first-order valence-corrected chi connectivity index (χ1v) is 7.05. The summed E-state index contributed by atoms with van der Waals surface area (Å²) in [5, 5.41) is 11.1.